The van der Waals surface area contributed by atoms with Gasteiger partial charge in [-0.25, -0.2) is 4.79 Å². The van der Waals surface area contributed by atoms with Gasteiger partial charge in [0, 0.05) is 32.4 Å². The number of carboxylic acids is 1. The number of rotatable bonds is 12. The minimum absolute atomic E-state index is 0.0829. The van der Waals surface area contributed by atoms with Crippen LogP contribution in [0.15, 0.2) is 18.2 Å². The minimum Gasteiger partial charge on any atom is -0.507 e. The minimum atomic E-state index is -2.77. The summed E-state index contributed by atoms with van der Waals surface area (Å²) < 4.78 is 17.2. The first kappa shape index (κ1) is 22.1. The lowest BCUT2D eigenvalue weighted by Crippen LogP contribution is -2.46. The lowest BCUT2D eigenvalue weighted by molar-refractivity contribution is 0.0686. The van der Waals surface area contributed by atoms with Crippen LogP contribution >= 0.6 is 0 Å². The average Bonchev–Trinajstić information content (AvgIpc) is 2.58. The van der Waals surface area contributed by atoms with Crippen LogP contribution in [0.5, 0.6) is 5.75 Å². The lowest BCUT2D eigenvalue weighted by Gasteiger charge is -2.28. The second-order valence-electron chi connectivity index (χ2n) is 5.35. The van der Waals surface area contributed by atoms with Gasteiger partial charge in [-0.2, -0.15) is 0 Å². The number of nitrogens with one attached hydrogen (secondary N) is 1. The largest absolute Gasteiger partial charge is 0.507 e. The maximum Gasteiger partial charge on any atom is 0.500 e. The van der Waals surface area contributed by atoms with Gasteiger partial charge in [0.05, 0.1) is 5.56 Å². The Morgan fingerprint density at radius 1 is 1.08 bits per heavy atom. The summed E-state index contributed by atoms with van der Waals surface area (Å²) >= 11 is 0. The average molecular weight is 385 g/mol. The molecule has 0 bridgehead atoms. The molecule has 0 saturated heterocycles. The van der Waals surface area contributed by atoms with E-state index in [1.807, 2.05) is 20.8 Å². The van der Waals surface area contributed by atoms with Crippen molar-refractivity contribution in [3.05, 3.63) is 29.3 Å². The maximum atomic E-state index is 12.3. The topological polar surface area (TPSA) is 114 Å². The standard InChI is InChI=1S/C17H27NO7Si/c1-4-23-26(24-5-2,25-6-3)12-8-11-18-16(20)13-9-7-10-14(19)15(13)17(21)22/h7,9-10,19H,4-6,8,11-12H2,1-3H3,(H,18,20)(H,21,22). The summed E-state index contributed by atoms with van der Waals surface area (Å²) in [5.41, 5.74) is -0.493. The van der Waals surface area contributed by atoms with Crippen molar-refractivity contribution in [2.45, 2.75) is 33.2 Å². The lowest BCUT2D eigenvalue weighted by atomic mass is 10.1. The van der Waals surface area contributed by atoms with Crippen LogP contribution in [-0.4, -0.2) is 57.3 Å². The molecule has 8 nitrogen and oxygen atoms in total. The van der Waals surface area contributed by atoms with Crippen molar-refractivity contribution in [3.8, 4) is 5.75 Å². The zero-order chi connectivity index (χ0) is 19.6. The highest BCUT2D eigenvalue weighted by molar-refractivity contribution is 6.60. The molecule has 1 amide bonds. The molecule has 0 aromatic heterocycles. The fourth-order valence-corrected chi connectivity index (χ4v) is 5.17. The molecule has 3 N–H and O–H groups in total. The van der Waals surface area contributed by atoms with Gasteiger partial charge in [-0.3, -0.25) is 4.79 Å². The van der Waals surface area contributed by atoms with Crippen LogP contribution in [0.4, 0.5) is 0 Å². The number of aromatic hydroxyl groups is 1. The van der Waals surface area contributed by atoms with Gasteiger partial charge in [0.25, 0.3) is 5.91 Å². The summed E-state index contributed by atoms with van der Waals surface area (Å²) in [6, 6.07) is 4.55. The molecule has 0 aliphatic rings. The summed E-state index contributed by atoms with van der Waals surface area (Å²) in [4.78, 5) is 23.5. The zero-order valence-electron chi connectivity index (χ0n) is 15.4. The van der Waals surface area contributed by atoms with Gasteiger partial charge in [0.1, 0.15) is 11.3 Å². The van der Waals surface area contributed by atoms with Crippen LogP contribution in [0, 0.1) is 0 Å². The van der Waals surface area contributed by atoms with E-state index in [1.54, 1.807) is 0 Å². The molecule has 0 spiro atoms. The fraction of sp³-hybridized carbons (Fsp3) is 0.529. The summed E-state index contributed by atoms with van der Waals surface area (Å²) in [7, 11) is -2.77. The van der Waals surface area contributed by atoms with Gasteiger partial charge < -0.3 is 28.8 Å². The molecule has 26 heavy (non-hydrogen) atoms. The summed E-state index contributed by atoms with van der Waals surface area (Å²) in [6.07, 6.45) is 0.555. The molecule has 0 aliphatic heterocycles. The normalized spacial score (nSPS) is 11.3. The molecule has 1 aromatic carbocycles. The van der Waals surface area contributed by atoms with Crippen LogP contribution in [0.2, 0.25) is 6.04 Å². The molecule has 146 valence electrons. The number of carboxylic acid groups (broad SMARTS) is 1. The van der Waals surface area contributed by atoms with E-state index in [-0.39, 0.29) is 5.56 Å². The Bertz CT molecular complexity index is 592. The SMILES string of the molecule is CCO[Si](CCCNC(=O)c1cccc(O)c1C(=O)O)(OCC)OCC. The zero-order valence-corrected chi connectivity index (χ0v) is 16.4. The Labute approximate surface area is 154 Å². The molecule has 0 unspecified atom stereocenters. The van der Waals surface area contributed by atoms with E-state index in [1.165, 1.54) is 18.2 Å². The molecule has 0 aliphatic carbocycles. The molecule has 0 atom stereocenters. The summed E-state index contributed by atoms with van der Waals surface area (Å²) in [5, 5.41) is 21.5. The van der Waals surface area contributed by atoms with Gasteiger partial charge in [-0.1, -0.05) is 6.07 Å². The van der Waals surface area contributed by atoms with Crippen LogP contribution in [0.3, 0.4) is 0 Å². The molecule has 1 rings (SSSR count). The van der Waals surface area contributed by atoms with Crippen molar-refractivity contribution < 1.29 is 33.1 Å². The quantitative estimate of drug-likeness (QED) is 0.373. The Kier molecular flexibility index (Phi) is 9.28. The highest BCUT2D eigenvalue weighted by Gasteiger charge is 2.39. The third kappa shape index (κ3) is 6.10. The smallest absolute Gasteiger partial charge is 0.500 e. The first-order valence-corrected chi connectivity index (χ1v) is 10.6. The number of carbonyl (C=O) groups excluding carboxylic acids is 1. The third-order valence-electron chi connectivity index (χ3n) is 3.54. The molecule has 0 fully saturated rings. The van der Waals surface area contributed by atoms with E-state index in [9.17, 15) is 14.7 Å². The van der Waals surface area contributed by atoms with E-state index >= 15 is 0 Å². The van der Waals surface area contributed by atoms with E-state index in [2.05, 4.69) is 5.32 Å². The van der Waals surface area contributed by atoms with Gasteiger partial charge in [-0.05, 0) is 39.3 Å². The molecule has 0 radical (unpaired) electrons. The van der Waals surface area contributed by atoms with Gasteiger partial charge in [0.2, 0.25) is 0 Å². The van der Waals surface area contributed by atoms with Crippen LogP contribution in [0.1, 0.15) is 47.9 Å². The van der Waals surface area contributed by atoms with E-state index in [4.69, 9.17) is 18.4 Å². The van der Waals surface area contributed by atoms with Crippen LogP contribution in [-0.2, 0) is 13.3 Å². The van der Waals surface area contributed by atoms with Crippen molar-refractivity contribution >= 4 is 20.7 Å². The number of hydrogen-bond donors (Lipinski definition) is 3. The van der Waals surface area contributed by atoms with Crippen molar-refractivity contribution in [1.82, 2.24) is 5.32 Å². The molecular weight excluding hydrogens is 358 g/mol. The van der Waals surface area contributed by atoms with E-state index in [0.29, 0.717) is 38.8 Å². The van der Waals surface area contributed by atoms with E-state index in [0.717, 1.165) is 0 Å². The summed E-state index contributed by atoms with van der Waals surface area (Å²) in [6.45, 7) is 7.34. The molecule has 0 saturated carbocycles. The predicted octanol–water partition coefficient (Wildman–Crippen LogP) is 2.26. The van der Waals surface area contributed by atoms with E-state index < -0.39 is 32.0 Å². The second kappa shape index (κ2) is 10.9. The summed E-state index contributed by atoms with van der Waals surface area (Å²) in [5.74, 6) is -2.36. The van der Waals surface area contributed by atoms with Gasteiger partial charge >= 0.3 is 14.8 Å². The highest BCUT2D eigenvalue weighted by atomic mass is 28.4. The number of hydrogen-bond acceptors (Lipinski definition) is 6. The van der Waals surface area contributed by atoms with Crippen molar-refractivity contribution in [2.75, 3.05) is 26.4 Å². The van der Waals surface area contributed by atoms with Crippen molar-refractivity contribution in [1.29, 1.82) is 0 Å². The van der Waals surface area contributed by atoms with Gasteiger partial charge in [0.15, 0.2) is 0 Å². The first-order chi connectivity index (χ1) is 12.4. The first-order valence-electron chi connectivity index (χ1n) is 8.66. The molecular formula is C17H27NO7Si. The number of phenols is 1. The van der Waals surface area contributed by atoms with Crippen molar-refractivity contribution in [3.63, 3.8) is 0 Å². The van der Waals surface area contributed by atoms with Gasteiger partial charge in [-0.15, -0.1) is 0 Å². The number of aromatic carboxylic acids is 1. The third-order valence-corrected chi connectivity index (χ3v) is 6.69. The number of benzene rings is 1. The molecule has 1 aromatic rings. The fourth-order valence-electron chi connectivity index (χ4n) is 2.56. The van der Waals surface area contributed by atoms with Crippen LogP contribution in [0.25, 0.3) is 0 Å². The Balaban J connectivity index is 2.68. The molecule has 0 heterocycles. The Morgan fingerprint density at radius 2 is 1.65 bits per heavy atom. The number of carbonyl (C=O) groups is 2. The molecule has 9 heteroatoms. The maximum absolute atomic E-state index is 12.3. The second-order valence-corrected chi connectivity index (χ2v) is 8.08. The number of amides is 1. The monoisotopic (exact) mass is 385 g/mol. The van der Waals surface area contributed by atoms with Crippen molar-refractivity contribution in [2.24, 2.45) is 0 Å². The highest BCUT2D eigenvalue weighted by Crippen LogP contribution is 2.21. The Morgan fingerprint density at radius 3 is 2.15 bits per heavy atom. The Hall–Kier alpha value is -1.94. The van der Waals surface area contributed by atoms with Crippen LogP contribution < -0.4 is 5.32 Å². The predicted molar refractivity (Wildman–Crippen MR) is 97.5 cm³/mol.